The number of aliphatic hydroxyl groups is 1. The summed E-state index contributed by atoms with van der Waals surface area (Å²) >= 11 is 5.82. The van der Waals surface area contributed by atoms with Crippen molar-refractivity contribution in [1.29, 1.82) is 0 Å². The number of carbonyl (C=O) groups is 1. The van der Waals surface area contributed by atoms with Crippen LogP contribution in [0.1, 0.15) is 31.9 Å². The van der Waals surface area contributed by atoms with Gasteiger partial charge in [0.1, 0.15) is 17.7 Å². The summed E-state index contributed by atoms with van der Waals surface area (Å²) in [7, 11) is 0. The lowest BCUT2D eigenvalue weighted by Gasteiger charge is -2.14. The zero-order chi connectivity index (χ0) is 20.4. The molecule has 1 fully saturated rings. The molecule has 2 atom stereocenters. The first-order valence-corrected chi connectivity index (χ1v) is 8.56. The van der Waals surface area contributed by atoms with E-state index in [-0.39, 0.29) is 30.6 Å². The third-order valence-electron chi connectivity index (χ3n) is 3.74. The molecular formula is C18H23ClN4O4. The highest BCUT2D eigenvalue weighted by atomic mass is 35.5. The maximum Gasteiger partial charge on any atom is 0.303 e. The van der Waals surface area contributed by atoms with Gasteiger partial charge in [-0.2, -0.15) is 4.98 Å². The number of hydrogen-bond acceptors (Lipinski definition) is 6. The molecule has 8 nitrogen and oxygen atoms in total. The Kier molecular flexibility index (Phi) is 9.30. The first kappa shape index (κ1) is 22.4. The average molecular weight is 395 g/mol. The Bertz CT molecular complexity index is 790. The maximum atomic E-state index is 9.71. The van der Waals surface area contributed by atoms with Crippen LogP contribution in [-0.4, -0.2) is 43.4 Å². The second-order valence-electron chi connectivity index (χ2n) is 5.53. The Morgan fingerprint density at radius 1 is 1.48 bits per heavy atom. The van der Waals surface area contributed by atoms with E-state index in [1.807, 2.05) is 16.8 Å². The molecule has 9 heteroatoms. The van der Waals surface area contributed by atoms with Gasteiger partial charge in [-0.15, -0.1) is 19.4 Å². The van der Waals surface area contributed by atoms with Crippen molar-refractivity contribution in [2.45, 2.75) is 38.0 Å². The van der Waals surface area contributed by atoms with E-state index in [9.17, 15) is 4.79 Å². The molecule has 0 amide bonds. The standard InChI is InChI=1S/C11H13ClN4O2.C5H8O2.C2H2/c12-11-14-9(13)7-3-4-16(10(7)15-11)8-2-1-6(5-17)18-8;1-2-3-4-5(6)7;1-2/h3-4,6,8,17H,1-2,5H2,(H2,13,14,15);2H,1,3-4H2,(H,6,7);1-2H/t6-,8+;;/m0../s1. The number of allylic oxidation sites excluding steroid dienone is 1. The molecule has 0 bridgehead atoms. The average Bonchev–Trinajstić information content (AvgIpc) is 3.28. The molecule has 0 radical (unpaired) electrons. The molecule has 2 aromatic rings. The highest BCUT2D eigenvalue weighted by molar-refractivity contribution is 6.28. The number of ether oxygens (including phenoxy) is 1. The van der Waals surface area contributed by atoms with Crippen molar-refractivity contribution in [3.05, 3.63) is 30.2 Å². The molecule has 0 aromatic carbocycles. The van der Waals surface area contributed by atoms with E-state index in [1.165, 1.54) is 0 Å². The first-order chi connectivity index (χ1) is 13.0. The smallest absolute Gasteiger partial charge is 0.303 e. The van der Waals surface area contributed by atoms with Gasteiger partial charge >= 0.3 is 5.97 Å². The van der Waals surface area contributed by atoms with Gasteiger partial charge in [-0.1, -0.05) is 6.08 Å². The molecular weight excluding hydrogens is 372 g/mol. The molecule has 0 saturated carbocycles. The summed E-state index contributed by atoms with van der Waals surface area (Å²) < 4.78 is 7.60. The summed E-state index contributed by atoms with van der Waals surface area (Å²) in [5, 5.41) is 18.0. The van der Waals surface area contributed by atoms with Gasteiger partial charge in [0, 0.05) is 12.6 Å². The molecule has 1 aliphatic heterocycles. The monoisotopic (exact) mass is 394 g/mol. The zero-order valence-corrected chi connectivity index (χ0v) is 15.5. The second kappa shape index (κ2) is 11.2. The lowest BCUT2D eigenvalue weighted by atomic mass is 10.2. The number of carboxylic acids is 1. The van der Waals surface area contributed by atoms with E-state index < -0.39 is 5.97 Å². The molecule has 3 rings (SSSR count). The molecule has 0 aliphatic carbocycles. The SMILES string of the molecule is C#C.C=CCCC(=O)O.Nc1nc(Cl)nc2c1ccn2[C@H]1CC[C@@H](CO)O1. The van der Waals surface area contributed by atoms with Crippen LogP contribution in [-0.2, 0) is 9.53 Å². The van der Waals surface area contributed by atoms with Crippen LogP contribution >= 0.6 is 11.6 Å². The third-order valence-corrected chi connectivity index (χ3v) is 3.90. The van der Waals surface area contributed by atoms with Crippen LogP contribution in [0.3, 0.4) is 0 Å². The van der Waals surface area contributed by atoms with Crippen LogP contribution in [0.5, 0.6) is 0 Å². The molecule has 27 heavy (non-hydrogen) atoms. The van der Waals surface area contributed by atoms with Crippen molar-refractivity contribution in [2.24, 2.45) is 0 Å². The van der Waals surface area contributed by atoms with Crippen LogP contribution in [0.4, 0.5) is 5.82 Å². The summed E-state index contributed by atoms with van der Waals surface area (Å²) in [6.07, 6.45) is 13.6. The summed E-state index contributed by atoms with van der Waals surface area (Å²) in [6, 6.07) is 1.84. The largest absolute Gasteiger partial charge is 0.481 e. The number of anilines is 1. The van der Waals surface area contributed by atoms with Crippen LogP contribution in [0.15, 0.2) is 24.9 Å². The van der Waals surface area contributed by atoms with E-state index in [2.05, 4.69) is 29.4 Å². The number of rotatable bonds is 5. The normalized spacial score (nSPS) is 18.1. The molecule has 2 aromatic heterocycles. The number of nitrogens with zero attached hydrogens (tertiary/aromatic N) is 3. The van der Waals surface area contributed by atoms with Crippen molar-refractivity contribution >= 4 is 34.4 Å². The van der Waals surface area contributed by atoms with Gasteiger partial charge in [0.15, 0.2) is 0 Å². The van der Waals surface area contributed by atoms with E-state index in [0.717, 1.165) is 18.2 Å². The number of terminal acetylenes is 1. The van der Waals surface area contributed by atoms with Crippen molar-refractivity contribution in [2.75, 3.05) is 12.3 Å². The lowest BCUT2D eigenvalue weighted by molar-refractivity contribution is -0.136. The molecule has 4 N–H and O–H groups in total. The van der Waals surface area contributed by atoms with Gasteiger partial charge in [0.25, 0.3) is 0 Å². The quantitative estimate of drug-likeness (QED) is 0.404. The molecule has 0 spiro atoms. The lowest BCUT2D eigenvalue weighted by Crippen LogP contribution is -2.14. The van der Waals surface area contributed by atoms with E-state index >= 15 is 0 Å². The Morgan fingerprint density at radius 3 is 2.70 bits per heavy atom. The summed E-state index contributed by atoms with van der Waals surface area (Å²) in [5.41, 5.74) is 6.46. The summed E-state index contributed by atoms with van der Waals surface area (Å²) in [6.45, 7) is 3.40. The van der Waals surface area contributed by atoms with Crippen LogP contribution in [0, 0.1) is 12.8 Å². The predicted octanol–water partition coefficient (Wildman–Crippen LogP) is 2.62. The zero-order valence-electron chi connectivity index (χ0n) is 14.8. The van der Waals surface area contributed by atoms with Crippen molar-refractivity contribution in [3.63, 3.8) is 0 Å². The minimum Gasteiger partial charge on any atom is -0.481 e. The number of carboxylic acid groups (broad SMARTS) is 1. The van der Waals surface area contributed by atoms with Crippen LogP contribution in [0.25, 0.3) is 11.0 Å². The summed E-state index contributed by atoms with van der Waals surface area (Å²) in [4.78, 5) is 17.8. The van der Waals surface area contributed by atoms with Crippen LogP contribution < -0.4 is 5.73 Å². The number of nitrogens with two attached hydrogens (primary N) is 1. The molecule has 3 heterocycles. The van der Waals surface area contributed by atoms with Gasteiger partial charge in [-0.3, -0.25) is 4.79 Å². The highest BCUT2D eigenvalue weighted by Crippen LogP contribution is 2.32. The number of halogens is 1. The van der Waals surface area contributed by atoms with Crippen molar-refractivity contribution in [1.82, 2.24) is 14.5 Å². The number of aliphatic carboxylic acids is 1. The first-order valence-electron chi connectivity index (χ1n) is 8.18. The number of aliphatic hydroxyl groups excluding tert-OH is 1. The highest BCUT2D eigenvalue weighted by Gasteiger charge is 2.27. The second-order valence-corrected chi connectivity index (χ2v) is 5.87. The Hall–Kier alpha value is -2.60. The van der Waals surface area contributed by atoms with Gasteiger partial charge in [0.2, 0.25) is 5.28 Å². The third kappa shape index (κ3) is 6.25. The fourth-order valence-corrected chi connectivity index (χ4v) is 2.68. The number of nitrogen functional groups attached to an aromatic ring is 1. The minimum atomic E-state index is -0.764. The Balaban J connectivity index is 0.000000346. The Labute approximate surface area is 162 Å². The maximum absolute atomic E-state index is 9.71. The van der Waals surface area contributed by atoms with Gasteiger partial charge in [-0.05, 0) is 36.9 Å². The topological polar surface area (TPSA) is 123 Å². The van der Waals surface area contributed by atoms with Gasteiger partial charge in [-0.25, -0.2) is 4.98 Å². The molecule has 146 valence electrons. The number of hydrogen-bond donors (Lipinski definition) is 3. The Morgan fingerprint density at radius 2 is 2.19 bits per heavy atom. The minimum absolute atomic E-state index is 0.0353. The van der Waals surface area contributed by atoms with E-state index in [1.54, 1.807) is 6.08 Å². The summed E-state index contributed by atoms with van der Waals surface area (Å²) in [5.74, 6) is -0.402. The van der Waals surface area contributed by atoms with Crippen LogP contribution in [0.2, 0.25) is 5.28 Å². The van der Waals surface area contributed by atoms with Gasteiger partial charge < -0.3 is 25.3 Å². The fourth-order valence-electron chi connectivity index (χ4n) is 2.51. The van der Waals surface area contributed by atoms with Crippen molar-refractivity contribution < 1.29 is 19.7 Å². The van der Waals surface area contributed by atoms with Gasteiger partial charge in [0.05, 0.1) is 18.1 Å². The number of fused-ring (bicyclic) bond motifs is 1. The number of aromatic nitrogens is 3. The molecule has 0 unspecified atom stereocenters. The van der Waals surface area contributed by atoms with Crippen molar-refractivity contribution in [3.8, 4) is 12.8 Å². The predicted molar refractivity (Wildman–Crippen MR) is 104 cm³/mol. The molecule has 1 aliphatic rings. The van der Waals surface area contributed by atoms with E-state index in [0.29, 0.717) is 17.9 Å². The molecule has 1 saturated heterocycles. The van der Waals surface area contributed by atoms with E-state index in [4.69, 9.17) is 32.3 Å². The fraction of sp³-hybridized carbons (Fsp3) is 0.389.